The average molecular weight is 508 g/mol. The summed E-state index contributed by atoms with van der Waals surface area (Å²) in [7, 11) is 0. The quantitative estimate of drug-likeness (QED) is 0.370. The lowest BCUT2D eigenvalue weighted by molar-refractivity contribution is -0.167. The van der Waals surface area contributed by atoms with E-state index in [1.165, 1.54) is 0 Å². The Morgan fingerprint density at radius 1 is 0.588 bits per heavy atom. The Morgan fingerprint density at radius 3 is 0.882 bits per heavy atom. The molecule has 0 aliphatic heterocycles. The van der Waals surface area contributed by atoms with E-state index in [1.54, 1.807) is 0 Å². The molecule has 0 saturated carbocycles. The number of rotatable bonds is 8. The van der Waals surface area contributed by atoms with Crippen molar-refractivity contribution in [2.45, 2.75) is 24.4 Å². The summed E-state index contributed by atoms with van der Waals surface area (Å²) in [6, 6.07) is 0. The van der Waals surface area contributed by atoms with Gasteiger partial charge in [0.2, 0.25) is 0 Å². The normalized spacial score (nSPS) is 22.6. The van der Waals surface area contributed by atoms with Crippen LogP contribution < -0.4 is 0 Å². The Morgan fingerprint density at radius 2 is 0.765 bits per heavy atom. The lowest BCUT2D eigenvalue weighted by atomic mass is 9.69. The summed E-state index contributed by atoms with van der Waals surface area (Å²) < 4.78 is 0. The highest BCUT2D eigenvalue weighted by molar-refractivity contribution is 9.09. The van der Waals surface area contributed by atoms with Gasteiger partial charge in [-0.1, -0.05) is 63.7 Å². The van der Waals surface area contributed by atoms with Gasteiger partial charge in [-0.15, -0.1) is 0 Å². The first-order valence-corrected chi connectivity index (χ1v) is 9.38. The molecule has 0 aromatic rings. The third-order valence-electron chi connectivity index (χ3n) is 2.89. The van der Waals surface area contributed by atoms with Gasteiger partial charge in [0.05, 0.1) is 29.8 Å². The zero-order chi connectivity index (χ0) is 13.6. The van der Waals surface area contributed by atoms with Crippen molar-refractivity contribution in [1.29, 1.82) is 0 Å². The third kappa shape index (κ3) is 3.87. The van der Waals surface area contributed by atoms with E-state index in [-0.39, 0.29) is 21.3 Å². The molecule has 0 saturated heterocycles. The van der Waals surface area contributed by atoms with Crippen molar-refractivity contribution in [1.82, 2.24) is 0 Å². The molecule has 0 aliphatic rings. The smallest absolute Gasteiger partial charge is 0.0772 e. The molecule has 0 aliphatic carbocycles. The van der Waals surface area contributed by atoms with Gasteiger partial charge in [0.1, 0.15) is 0 Å². The van der Waals surface area contributed by atoms with E-state index in [0.717, 1.165) is 0 Å². The van der Waals surface area contributed by atoms with Crippen LogP contribution in [-0.4, -0.2) is 66.2 Å². The first kappa shape index (κ1) is 18.8. The molecule has 0 bridgehead atoms. The minimum absolute atomic E-state index is 0.144. The maximum absolute atomic E-state index is 10.1. The Balaban J connectivity index is 5.51. The van der Waals surface area contributed by atoms with Crippen LogP contribution in [0, 0.1) is 5.41 Å². The van der Waals surface area contributed by atoms with Gasteiger partial charge in [-0.2, -0.15) is 0 Å². The average Bonchev–Trinajstić information content (AvgIpc) is 2.37. The molecule has 0 aromatic carbocycles. The van der Waals surface area contributed by atoms with Crippen LogP contribution in [0.2, 0.25) is 0 Å². The minimum atomic E-state index is -1.43. The van der Waals surface area contributed by atoms with E-state index in [1.807, 2.05) is 0 Å². The molecule has 4 atom stereocenters. The van der Waals surface area contributed by atoms with E-state index in [4.69, 9.17) is 0 Å². The van der Waals surface area contributed by atoms with Crippen LogP contribution in [0.5, 0.6) is 0 Å². The molecule has 4 unspecified atom stereocenters. The van der Waals surface area contributed by atoms with Crippen molar-refractivity contribution in [3.63, 3.8) is 0 Å². The number of hydrogen-bond donors (Lipinski definition) is 4. The summed E-state index contributed by atoms with van der Waals surface area (Å²) in [5, 5.41) is 40.9. The fraction of sp³-hybridized carbons (Fsp3) is 1.00. The number of halogens is 4. The standard InChI is InChI=1S/C9H16Br4O4/c10-1-5(14)9(6(15)2-11,7(16)3-12)8(17)4-13/h5-8,14-17H,1-4H2. The Kier molecular flexibility index (Phi) is 9.75. The molecule has 0 fully saturated rings. The van der Waals surface area contributed by atoms with Crippen LogP contribution in [0.15, 0.2) is 0 Å². The molecule has 0 radical (unpaired) electrons. The van der Waals surface area contributed by atoms with Crippen molar-refractivity contribution < 1.29 is 20.4 Å². The maximum Gasteiger partial charge on any atom is 0.0772 e. The van der Waals surface area contributed by atoms with Gasteiger partial charge >= 0.3 is 0 Å². The van der Waals surface area contributed by atoms with Gasteiger partial charge in [-0.25, -0.2) is 0 Å². The third-order valence-corrected chi connectivity index (χ3v) is 5.35. The topological polar surface area (TPSA) is 80.9 Å². The number of alkyl halides is 4. The largest absolute Gasteiger partial charge is 0.391 e. The van der Waals surface area contributed by atoms with Gasteiger partial charge in [-0.3, -0.25) is 0 Å². The van der Waals surface area contributed by atoms with Crippen molar-refractivity contribution in [3.05, 3.63) is 0 Å². The summed E-state index contributed by atoms with van der Waals surface area (Å²) in [5.74, 6) is 0. The van der Waals surface area contributed by atoms with E-state index in [0.29, 0.717) is 0 Å². The minimum Gasteiger partial charge on any atom is -0.391 e. The SMILES string of the molecule is OC(CBr)C(C(O)CBr)(C(O)CBr)C(O)CBr. The predicted octanol–water partition coefficient (Wildman–Crippen LogP) is 0.996. The molecule has 0 spiro atoms. The van der Waals surface area contributed by atoms with Crippen molar-refractivity contribution in [2.75, 3.05) is 21.3 Å². The fourth-order valence-electron chi connectivity index (χ4n) is 1.87. The van der Waals surface area contributed by atoms with Crippen molar-refractivity contribution in [2.24, 2.45) is 5.41 Å². The zero-order valence-electron chi connectivity index (χ0n) is 8.94. The molecule has 17 heavy (non-hydrogen) atoms. The molecule has 4 nitrogen and oxygen atoms in total. The van der Waals surface area contributed by atoms with Crippen molar-refractivity contribution in [3.8, 4) is 0 Å². The lowest BCUT2D eigenvalue weighted by Gasteiger charge is -2.46. The van der Waals surface area contributed by atoms with Gasteiger partial charge in [0.25, 0.3) is 0 Å². The highest BCUT2D eigenvalue weighted by Gasteiger charge is 2.53. The summed E-state index contributed by atoms with van der Waals surface area (Å²) in [6.07, 6.45) is -4.35. The Labute approximate surface area is 134 Å². The van der Waals surface area contributed by atoms with Crippen LogP contribution in [-0.2, 0) is 0 Å². The number of aliphatic hydroxyl groups excluding tert-OH is 4. The molecule has 0 heterocycles. The van der Waals surface area contributed by atoms with E-state index in [2.05, 4.69) is 63.7 Å². The number of aliphatic hydroxyl groups is 4. The maximum atomic E-state index is 10.1. The Hall–Kier alpha value is 1.76. The lowest BCUT2D eigenvalue weighted by Crippen LogP contribution is -2.62. The van der Waals surface area contributed by atoms with Crippen LogP contribution in [0.25, 0.3) is 0 Å². The molecular weight excluding hydrogens is 492 g/mol. The van der Waals surface area contributed by atoms with Crippen LogP contribution in [0.4, 0.5) is 0 Å². The second-order valence-electron chi connectivity index (χ2n) is 3.68. The summed E-state index contributed by atoms with van der Waals surface area (Å²) >= 11 is 12.5. The van der Waals surface area contributed by atoms with E-state index < -0.39 is 29.8 Å². The van der Waals surface area contributed by atoms with Gasteiger partial charge in [-0.05, 0) is 0 Å². The van der Waals surface area contributed by atoms with Crippen molar-refractivity contribution >= 4 is 63.7 Å². The summed E-state index contributed by atoms with van der Waals surface area (Å²) in [5.41, 5.74) is -1.43. The van der Waals surface area contributed by atoms with E-state index >= 15 is 0 Å². The zero-order valence-corrected chi connectivity index (χ0v) is 15.3. The van der Waals surface area contributed by atoms with Crippen LogP contribution in [0.1, 0.15) is 0 Å². The molecule has 104 valence electrons. The summed E-state index contributed by atoms with van der Waals surface area (Å²) in [6.45, 7) is 0. The molecule has 4 N–H and O–H groups in total. The molecule has 0 rings (SSSR count). The molecular formula is C9H16Br4O4. The van der Waals surface area contributed by atoms with Crippen LogP contribution in [0.3, 0.4) is 0 Å². The predicted molar refractivity (Wildman–Crippen MR) is 81.6 cm³/mol. The molecule has 0 aromatic heterocycles. The van der Waals surface area contributed by atoms with Gasteiger partial charge in [0, 0.05) is 21.3 Å². The Bertz CT molecular complexity index is 174. The number of hydrogen-bond acceptors (Lipinski definition) is 4. The summed E-state index contributed by atoms with van der Waals surface area (Å²) in [4.78, 5) is 0. The first-order valence-electron chi connectivity index (χ1n) is 4.89. The fourth-order valence-corrected chi connectivity index (χ4v) is 4.11. The highest BCUT2D eigenvalue weighted by Crippen LogP contribution is 2.38. The highest BCUT2D eigenvalue weighted by atomic mass is 79.9. The van der Waals surface area contributed by atoms with Crippen LogP contribution >= 0.6 is 63.7 Å². The molecule has 0 amide bonds. The molecule has 8 heteroatoms. The second kappa shape index (κ2) is 8.84. The monoisotopic (exact) mass is 504 g/mol. The first-order chi connectivity index (χ1) is 7.93. The van der Waals surface area contributed by atoms with E-state index in [9.17, 15) is 20.4 Å². The van der Waals surface area contributed by atoms with Gasteiger partial charge in [0.15, 0.2) is 0 Å². The van der Waals surface area contributed by atoms with Gasteiger partial charge < -0.3 is 20.4 Å². The second-order valence-corrected chi connectivity index (χ2v) is 6.27.